The number of rotatable bonds is 9. The van der Waals surface area contributed by atoms with E-state index in [-0.39, 0.29) is 11.2 Å². The molecule has 0 bridgehead atoms. The highest BCUT2D eigenvalue weighted by Gasteiger charge is 2.51. The average molecular weight is 1100 g/mol. The molecule has 0 amide bonds. The van der Waals surface area contributed by atoms with E-state index in [0.29, 0.717) is 17.5 Å². The van der Waals surface area contributed by atoms with Crippen LogP contribution in [-0.4, -0.2) is 43.2 Å². The van der Waals surface area contributed by atoms with E-state index in [9.17, 15) is 0 Å². The lowest BCUT2D eigenvalue weighted by molar-refractivity contribution is 0.00578. The maximum atomic E-state index is 6.38. The normalized spacial score (nSPS) is 13.5. The van der Waals surface area contributed by atoms with Gasteiger partial charge in [-0.15, -0.1) is 0 Å². The SMILES string of the molecule is CC1(C)OB(c2ccc3nc(-c4ccccc4)c4cccc(-c5ccccc5)c4c3c2)OC1(C)C.c1ccc(-c2nc(-c3ccccc3)nc(-c3cccc(-c4ccc5nc(-c6ccccc6)c6cccc(-c7ccccc7)c6c5c4)c3)n2)cc1. The van der Waals surface area contributed by atoms with Crippen LogP contribution in [0.5, 0.6) is 0 Å². The van der Waals surface area contributed by atoms with E-state index in [0.717, 1.165) is 88.4 Å². The Balaban J connectivity index is 0.000000161. The highest BCUT2D eigenvalue weighted by Crippen LogP contribution is 2.43. The van der Waals surface area contributed by atoms with Crippen LogP contribution in [-0.2, 0) is 9.31 Å². The minimum atomic E-state index is -0.419. The summed E-state index contributed by atoms with van der Waals surface area (Å²) in [5.74, 6) is 1.92. The van der Waals surface area contributed by atoms with Gasteiger partial charge < -0.3 is 9.31 Å². The largest absolute Gasteiger partial charge is 0.494 e. The van der Waals surface area contributed by atoms with E-state index in [1.807, 2.05) is 72.8 Å². The van der Waals surface area contributed by atoms with Gasteiger partial charge in [0.1, 0.15) is 0 Å². The van der Waals surface area contributed by atoms with Gasteiger partial charge in [-0.1, -0.05) is 255 Å². The van der Waals surface area contributed by atoms with Gasteiger partial charge in [0.2, 0.25) is 0 Å². The first-order chi connectivity index (χ1) is 41.6. The third-order valence-electron chi connectivity index (χ3n) is 16.6. The van der Waals surface area contributed by atoms with Crippen molar-refractivity contribution >= 4 is 55.9 Å². The molecule has 3 aromatic heterocycles. The van der Waals surface area contributed by atoms with Crippen LogP contribution in [0.25, 0.3) is 133 Å². The highest BCUT2D eigenvalue weighted by atomic mass is 16.7. The van der Waals surface area contributed by atoms with E-state index < -0.39 is 7.12 Å². The summed E-state index contributed by atoms with van der Waals surface area (Å²) in [4.78, 5) is 25.2. The van der Waals surface area contributed by atoms with Crippen molar-refractivity contribution in [3.05, 3.63) is 279 Å². The number of fused-ring (bicyclic) bond motifs is 6. The van der Waals surface area contributed by atoms with E-state index in [1.54, 1.807) is 0 Å². The van der Waals surface area contributed by atoms with Crippen molar-refractivity contribution in [2.24, 2.45) is 0 Å². The predicted octanol–water partition coefficient (Wildman–Crippen LogP) is 18.6. The Bertz CT molecular complexity index is 4690. The van der Waals surface area contributed by atoms with Crippen molar-refractivity contribution < 1.29 is 9.31 Å². The number of hydrogen-bond acceptors (Lipinski definition) is 7. The van der Waals surface area contributed by atoms with Crippen LogP contribution in [0.3, 0.4) is 0 Å². The summed E-state index contributed by atoms with van der Waals surface area (Å²) in [5, 5.41) is 6.87. The van der Waals surface area contributed by atoms with Crippen molar-refractivity contribution in [1.29, 1.82) is 0 Å². The Kier molecular flexibility index (Phi) is 13.8. The molecule has 0 unspecified atom stereocenters. The fraction of sp³-hybridized carbons (Fsp3) is 0.0779. The van der Waals surface area contributed by atoms with Gasteiger partial charge in [-0.05, 0) is 90.8 Å². The van der Waals surface area contributed by atoms with Gasteiger partial charge >= 0.3 is 7.12 Å². The molecule has 0 radical (unpaired) electrons. The fourth-order valence-electron chi connectivity index (χ4n) is 11.6. The summed E-state index contributed by atoms with van der Waals surface area (Å²) in [6.45, 7) is 8.35. The zero-order chi connectivity index (χ0) is 57.5. The summed E-state index contributed by atoms with van der Waals surface area (Å²) < 4.78 is 12.8. The minimum absolute atomic E-state index is 0.390. The first kappa shape index (κ1) is 52.8. The van der Waals surface area contributed by atoms with Crippen LogP contribution in [0, 0.1) is 0 Å². The molecule has 0 spiro atoms. The fourth-order valence-corrected chi connectivity index (χ4v) is 11.6. The molecular weight excluding hydrogens is 1040 g/mol. The number of benzene rings is 11. The molecule has 406 valence electrons. The smallest absolute Gasteiger partial charge is 0.399 e. The quantitative estimate of drug-likeness (QED) is 0.105. The zero-order valence-corrected chi connectivity index (χ0v) is 47.7. The first-order valence-electron chi connectivity index (χ1n) is 28.9. The van der Waals surface area contributed by atoms with E-state index in [2.05, 4.69) is 234 Å². The number of aromatic nitrogens is 5. The Morgan fingerprint density at radius 1 is 0.271 bits per heavy atom. The molecule has 1 aliphatic heterocycles. The lowest BCUT2D eigenvalue weighted by Gasteiger charge is -2.32. The highest BCUT2D eigenvalue weighted by molar-refractivity contribution is 6.62. The second-order valence-corrected chi connectivity index (χ2v) is 22.6. The molecule has 7 nitrogen and oxygen atoms in total. The molecule has 85 heavy (non-hydrogen) atoms. The molecule has 4 heterocycles. The predicted molar refractivity (Wildman–Crippen MR) is 351 cm³/mol. The monoisotopic (exact) mass is 1100 g/mol. The molecule has 0 aliphatic carbocycles. The van der Waals surface area contributed by atoms with Crippen LogP contribution in [0.1, 0.15) is 27.7 Å². The summed E-state index contributed by atoms with van der Waals surface area (Å²) >= 11 is 0. The van der Waals surface area contributed by atoms with Crippen molar-refractivity contribution in [3.63, 3.8) is 0 Å². The van der Waals surface area contributed by atoms with Crippen molar-refractivity contribution in [2.75, 3.05) is 0 Å². The molecule has 8 heteroatoms. The molecular formula is C77H58BN5O2. The lowest BCUT2D eigenvalue weighted by atomic mass is 9.78. The topological polar surface area (TPSA) is 82.9 Å². The Morgan fingerprint density at radius 2 is 0.624 bits per heavy atom. The Morgan fingerprint density at radius 3 is 1.08 bits per heavy atom. The van der Waals surface area contributed by atoms with E-state index in [1.165, 1.54) is 33.0 Å². The molecule has 1 saturated heterocycles. The second kappa shape index (κ2) is 22.2. The molecule has 1 fully saturated rings. The van der Waals surface area contributed by atoms with Gasteiger partial charge in [-0.2, -0.15) is 0 Å². The first-order valence-corrected chi connectivity index (χ1v) is 28.9. The second-order valence-electron chi connectivity index (χ2n) is 22.6. The van der Waals surface area contributed by atoms with Crippen molar-refractivity contribution in [1.82, 2.24) is 24.9 Å². The van der Waals surface area contributed by atoms with Gasteiger partial charge in [0.05, 0.1) is 33.6 Å². The van der Waals surface area contributed by atoms with Crippen LogP contribution in [0.2, 0.25) is 0 Å². The maximum Gasteiger partial charge on any atom is 0.494 e. The van der Waals surface area contributed by atoms with E-state index in [4.69, 9.17) is 34.2 Å². The standard InChI is InChI=1S/C46H30N4.C31H28BNO2/c1-5-15-31(16-6-1)38-25-14-26-39-42(38)40-30-36(27-28-41(40)47-43(39)32-17-7-2-8-18-32)35-23-13-24-37(29-35)46-49-44(33-19-9-3-10-20-33)48-45(50-46)34-21-11-4-12-22-34;1-30(2)31(3,4)35-32(34-30)23-18-19-27-26(20-23)28-24(21-12-7-5-8-13-21)16-11-17-25(28)29(33-27)22-14-9-6-10-15-22/h1-30H;5-20H,1-4H3. The molecule has 1 aliphatic rings. The van der Waals surface area contributed by atoms with E-state index >= 15 is 0 Å². The summed E-state index contributed by atoms with van der Waals surface area (Å²) in [6.07, 6.45) is 0. The number of nitrogens with zero attached hydrogens (tertiary/aromatic N) is 5. The average Bonchev–Trinajstić information content (AvgIpc) is 2.09. The number of pyridine rings is 2. The minimum Gasteiger partial charge on any atom is -0.399 e. The Hall–Kier alpha value is -10.2. The molecule has 0 atom stereocenters. The van der Waals surface area contributed by atoms with Gasteiger partial charge in [-0.3, -0.25) is 0 Å². The molecule has 0 saturated carbocycles. The number of hydrogen-bond donors (Lipinski definition) is 0. The van der Waals surface area contributed by atoms with Crippen molar-refractivity contribution in [2.45, 2.75) is 38.9 Å². The summed E-state index contributed by atoms with van der Waals surface area (Å²) in [7, 11) is -0.419. The molecule has 11 aromatic carbocycles. The molecule has 14 aromatic rings. The molecule has 0 N–H and O–H groups in total. The van der Waals surface area contributed by atoms with Gasteiger partial charge in [0.25, 0.3) is 0 Å². The van der Waals surface area contributed by atoms with Crippen molar-refractivity contribution in [3.8, 4) is 90.1 Å². The Labute approximate surface area is 495 Å². The van der Waals surface area contributed by atoms with Crippen LogP contribution >= 0.6 is 0 Å². The van der Waals surface area contributed by atoms with Crippen LogP contribution in [0.15, 0.2) is 279 Å². The molecule has 15 rings (SSSR count). The zero-order valence-electron chi connectivity index (χ0n) is 47.7. The lowest BCUT2D eigenvalue weighted by Crippen LogP contribution is -2.41. The maximum absolute atomic E-state index is 6.38. The third kappa shape index (κ3) is 10.2. The third-order valence-corrected chi connectivity index (χ3v) is 16.6. The van der Waals surface area contributed by atoms with Gasteiger partial charge in [0, 0.05) is 60.1 Å². The van der Waals surface area contributed by atoms with Crippen LogP contribution < -0.4 is 5.46 Å². The van der Waals surface area contributed by atoms with Gasteiger partial charge in [0.15, 0.2) is 17.5 Å². The van der Waals surface area contributed by atoms with Gasteiger partial charge in [-0.25, -0.2) is 24.9 Å². The summed E-state index contributed by atoms with van der Waals surface area (Å²) in [5.41, 5.74) is 16.1. The van der Waals surface area contributed by atoms with Crippen LogP contribution in [0.4, 0.5) is 0 Å². The summed E-state index contributed by atoms with van der Waals surface area (Å²) in [6, 6.07) is 96.7.